The number of alkyl halides is 6. The Morgan fingerprint density at radius 2 is 1.57 bits per heavy atom. The average molecular weight is 443 g/mol. The molecule has 0 bridgehead atoms. The van der Waals surface area contributed by atoms with Gasteiger partial charge >= 0.3 is 12.4 Å². The Bertz CT molecular complexity index is 632. The largest absolute Gasteiger partial charge is 0.475 e. The molecule has 30 heavy (non-hydrogen) atoms. The van der Waals surface area contributed by atoms with Crippen LogP contribution < -0.4 is 0 Å². The van der Waals surface area contributed by atoms with Gasteiger partial charge in [-0.3, -0.25) is 0 Å². The van der Waals surface area contributed by atoms with E-state index in [4.69, 9.17) is 4.74 Å². The van der Waals surface area contributed by atoms with Gasteiger partial charge in [0.25, 0.3) is 0 Å². The normalized spacial score (nSPS) is 36.7. The Morgan fingerprint density at radius 1 is 1.00 bits per heavy atom. The SMILES string of the molecule is CCC(C)C1=NC2CCC(C(C3CCC(C)C(O)C3)(C(F)(F)F)C(F)(F)F)CC2O1. The lowest BCUT2D eigenvalue weighted by molar-refractivity contribution is -0.384. The Morgan fingerprint density at radius 3 is 2.10 bits per heavy atom. The van der Waals surface area contributed by atoms with Crippen molar-refractivity contribution in [3.63, 3.8) is 0 Å². The molecule has 3 nitrogen and oxygen atoms in total. The minimum absolute atomic E-state index is 0.0148. The highest BCUT2D eigenvalue weighted by molar-refractivity contribution is 5.80. The third-order valence-corrected chi connectivity index (χ3v) is 7.74. The number of ether oxygens (including phenoxy) is 1. The number of aliphatic hydroxyl groups excluding tert-OH is 1. The van der Waals surface area contributed by atoms with Crippen molar-refractivity contribution in [2.24, 2.45) is 34.1 Å². The molecular weight excluding hydrogens is 412 g/mol. The van der Waals surface area contributed by atoms with Crippen molar-refractivity contribution in [1.29, 1.82) is 0 Å². The Labute approximate surface area is 173 Å². The van der Waals surface area contributed by atoms with Gasteiger partial charge in [-0.2, -0.15) is 26.3 Å². The summed E-state index contributed by atoms with van der Waals surface area (Å²) in [4.78, 5) is 4.45. The Hall–Kier alpha value is -0.990. The zero-order valence-corrected chi connectivity index (χ0v) is 17.6. The first-order chi connectivity index (χ1) is 13.8. The molecule has 1 N–H and O–H groups in total. The van der Waals surface area contributed by atoms with Crippen LogP contribution in [0.1, 0.15) is 65.7 Å². The highest BCUT2D eigenvalue weighted by Gasteiger charge is 2.77. The fourth-order valence-corrected chi connectivity index (χ4v) is 5.70. The zero-order chi connectivity index (χ0) is 22.5. The van der Waals surface area contributed by atoms with Crippen LogP contribution in [0.4, 0.5) is 26.3 Å². The number of fused-ring (bicyclic) bond motifs is 1. The minimum atomic E-state index is -5.47. The summed E-state index contributed by atoms with van der Waals surface area (Å²) >= 11 is 0. The number of hydrogen-bond acceptors (Lipinski definition) is 3. The van der Waals surface area contributed by atoms with E-state index in [0.29, 0.717) is 5.90 Å². The van der Waals surface area contributed by atoms with Crippen LogP contribution in [0.15, 0.2) is 4.99 Å². The molecule has 1 aliphatic heterocycles. The van der Waals surface area contributed by atoms with Crippen molar-refractivity contribution in [1.82, 2.24) is 0 Å². The van der Waals surface area contributed by atoms with E-state index in [1.165, 1.54) is 0 Å². The van der Waals surface area contributed by atoms with E-state index in [1.54, 1.807) is 6.92 Å². The summed E-state index contributed by atoms with van der Waals surface area (Å²) in [5, 5.41) is 10.1. The maximum Gasteiger partial charge on any atom is 0.403 e. The number of halogens is 6. The first-order valence-electron chi connectivity index (χ1n) is 10.9. The van der Waals surface area contributed by atoms with Gasteiger partial charge in [-0.15, -0.1) is 0 Å². The molecule has 0 radical (unpaired) electrons. The highest BCUT2D eigenvalue weighted by atomic mass is 19.4. The van der Waals surface area contributed by atoms with Crippen LogP contribution in [0, 0.1) is 29.1 Å². The molecule has 7 unspecified atom stereocenters. The van der Waals surface area contributed by atoms with Gasteiger partial charge in [-0.1, -0.05) is 20.8 Å². The molecule has 0 spiro atoms. The van der Waals surface area contributed by atoms with Gasteiger partial charge in [-0.05, 0) is 62.7 Å². The zero-order valence-electron chi connectivity index (χ0n) is 17.6. The van der Waals surface area contributed by atoms with Crippen LogP contribution in [0.25, 0.3) is 0 Å². The second-order valence-corrected chi connectivity index (χ2v) is 9.43. The third-order valence-electron chi connectivity index (χ3n) is 7.74. The van der Waals surface area contributed by atoms with Crippen LogP contribution in [-0.2, 0) is 4.74 Å². The molecule has 1 heterocycles. The first-order valence-corrected chi connectivity index (χ1v) is 10.9. The van der Waals surface area contributed by atoms with E-state index in [-0.39, 0.29) is 50.0 Å². The number of aliphatic hydroxyl groups is 1. The minimum Gasteiger partial charge on any atom is -0.475 e. The van der Waals surface area contributed by atoms with Crippen LogP contribution in [-0.4, -0.2) is 41.6 Å². The topological polar surface area (TPSA) is 41.8 Å². The van der Waals surface area contributed by atoms with Crippen molar-refractivity contribution >= 4 is 5.90 Å². The number of aliphatic imine (C=N–C) groups is 1. The van der Waals surface area contributed by atoms with E-state index in [1.807, 2.05) is 13.8 Å². The Balaban J connectivity index is 1.94. The molecule has 0 aromatic heterocycles. The van der Waals surface area contributed by atoms with E-state index in [9.17, 15) is 31.4 Å². The van der Waals surface area contributed by atoms with Gasteiger partial charge in [-0.25, -0.2) is 4.99 Å². The van der Waals surface area contributed by atoms with E-state index < -0.39 is 48.2 Å². The maximum atomic E-state index is 14.4. The summed E-state index contributed by atoms with van der Waals surface area (Å²) in [6.45, 7) is 5.47. The lowest BCUT2D eigenvalue weighted by atomic mass is 9.56. The predicted molar refractivity (Wildman–Crippen MR) is 99.9 cm³/mol. The van der Waals surface area contributed by atoms with Crippen molar-refractivity contribution in [2.45, 2.75) is 96.3 Å². The molecule has 174 valence electrons. The van der Waals surface area contributed by atoms with Crippen molar-refractivity contribution in [3.8, 4) is 0 Å². The second-order valence-electron chi connectivity index (χ2n) is 9.43. The molecule has 3 rings (SSSR count). The van der Waals surface area contributed by atoms with Gasteiger partial charge in [0.2, 0.25) is 0 Å². The molecule has 7 atom stereocenters. The molecule has 0 saturated heterocycles. The summed E-state index contributed by atoms with van der Waals surface area (Å²) in [7, 11) is 0. The highest BCUT2D eigenvalue weighted by Crippen LogP contribution is 2.65. The number of nitrogens with zero attached hydrogens (tertiary/aromatic N) is 1. The van der Waals surface area contributed by atoms with Crippen LogP contribution in [0.2, 0.25) is 0 Å². The summed E-state index contributed by atoms with van der Waals surface area (Å²) < 4.78 is 92.1. The summed E-state index contributed by atoms with van der Waals surface area (Å²) in [5.41, 5.74) is -3.84. The summed E-state index contributed by atoms with van der Waals surface area (Å²) in [6.07, 6.45) is -13.0. The van der Waals surface area contributed by atoms with Crippen molar-refractivity contribution < 1.29 is 36.2 Å². The molecular formula is C21H31F6NO2. The molecule has 2 fully saturated rings. The van der Waals surface area contributed by atoms with Gasteiger partial charge in [0.05, 0.1) is 12.1 Å². The standard InChI is InChI=1S/C21H31F6NO2/c1-4-11(2)18-28-15-8-7-14(10-17(15)30-18)19(20(22,23)24,21(25,26)27)13-6-5-12(3)16(29)9-13/h11-17,29H,4-10H2,1-3H3. The molecule has 0 aromatic rings. The van der Waals surface area contributed by atoms with Crippen molar-refractivity contribution in [3.05, 3.63) is 0 Å². The van der Waals surface area contributed by atoms with Gasteiger partial charge < -0.3 is 9.84 Å². The summed E-state index contributed by atoms with van der Waals surface area (Å²) in [6, 6.07) is -0.374. The van der Waals surface area contributed by atoms with Crippen LogP contribution >= 0.6 is 0 Å². The molecule has 3 aliphatic rings. The van der Waals surface area contributed by atoms with Crippen molar-refractivity contribution in [2.75, 3.05) is 0 Å². The lowest BCUT2D eigenvalue weighted by Crippen LogP contribution is -2.62. The molecule has 0 aromatic carbocycles. The molecule has 0 amide bonds. The molecule has 9 heteroatoms. The third kappa shape index (κ3) is 3.84. The smallest absolute Gasteiger partial charge is 0.403 e. The van der Waals surface area contributed by atoms with E-state index in [2.05, 4.69) is 4.99 Å². The summed E-state index contributed by atoms with van der Waals surface area (Å²) in [5.74, 6) is -3.21. The maximum absolute atomic E-state index is 14.4. The fourth-order valence-electron chi connectivity index (χ4n) is 5.70. The monoisotopic (exact) mass is 443 g/mol. The van der Waals surface area contributed by atoms with Gasteiger partial charge in [0.15, 0.2) is 11.3 Å². The molecule has 2 aliphatic carbocycles. The predicted octanol–water partition coefficient (Wildman–Crippen LogP) is 5.91. The van der Waals surface area contributed by atoms with Crippen LogP contribution in [0.3, 0.4) is 0 Å². The first kappa shape index (κ1) is 23.7. The quantitative estimate of drug-likeness (QED) is 0.549. The van der Waals surface area contributed by atoms with E-state index >= 15 is 0 Å². The molecule has 2 saturated carbocycles. The van der Waals surface area contributed by atoms with E-state index in [0.717, 1.165) is 6.42 Å². The average Bonchev–Trinajstić information content (AvgIpc) is 3.05. The second kappa shape index (κ2) is 8.17. The fraction of sp³-hybridized carbons (Fsp3) is 0.952. The van der Waals surface area contributed by atoms with Gasteiger partial charge in [0, 0.05) is 5.92 Å². The van der Waals surface area contributed by atoms with Crippen LogP contribution in [0.5, 0.6) is 0 Å². The van der Waals surface area contributed by atoms with Gasteiger partial charge in [0.1, 0.15) is 6.10 Å². The number of hydrogen-bond donors (Lipinski definition) is 1. The Kier molecular flexibility index (Phi) is 6.45. The lowest BCUT2D eigenvalue weighted by Gasteiger charge is -2.52. The number of rotatable bonds is 4.